The molecule has 1 unspecified atom stereocenters. The molecule has 1 atom stereocenters. The van der Waals surface area contributed by atoms with Crippen LogP contribution in [0.3, 0.4) is 0 Å². The van der Waals surface area contributed by atoms with Gasteiger partial charge in [0.15, 0.2) is 0 Å². The summed E-state index contributed by atoms with van der Waals surface area (Å²) in [7, 11) is 0. The fraction of sp³-hybridized carbons (Fsp3) is 0.667. The third-order valence-corrected chi connectivity index (χ3v) is 3.15. The molecule has 1 saturated heterocycles. The first kappa shape index (κ1) is 10.7. The topological polar surface area (TPSA) is 37.2 Å². The lowest BCUT2D eigenvalue weighted by Gasteiger charge is -2.34. The van der Waals surface area contributed by atoms with E-state index in [0.29, 0.717) is 5.41 Å². The summed E-state index contributed by atoms with van der Waals surface area (Å²) in [6.45, 7) is 6.64. The summed E-state index contributed by atoms with van der Waals surface area (Å²) in [6, 6.07) is 2.01. The summed E-state index contributed by atoms with van der Waals surface area (Å²) < 4.78 is 5.03. The first-order valence-corrected chi connectivity index (χ1v) is 5.71. The molecule has 2 N–H and O–H groups in total. The number of nitrogens with one attached hydrogen (secondary N) is 2. The van der Waals surface area contributed by atoms with Gasteiger partial charge in [0, 0.05) is 25.2 Å². The predicted molar refractivity (Wildman–Crippen MR) is 60.6 cm³/mol. The van der Waals surface area contributed by atoms with E-state index in [-0.39, 0.29) is 0 Å². The van der Waals surface area contributed by atoms with Crippen molar-refractivity contribution in [2.24, 2.45) is 5.41 Å². The van der Waals surface area contributed by atoms with Crippen LogP contribution in [0.2, 0.25) is 0 Å². The second kappa shape index (κ2) is 4.81. The zero-order chi connectivity index (χ0) is 10.6. The van der Waals surface area contributed by atoms with E-state index in [1.807, 2.05) is 6.07 Å². The SMILES string of the molecule is CC1(CNCc2ccoc2)CCCNC1. The van der Waals surface area contributed by atoms with Crippen LogP contribution in [0.4, 0.5) is 0 Å². The van der Waals surface area contributed by atoms with E-state index >= 15 is 0 Å². The highest BCUT2D eigenvalue weighted by Gasteiger charge is 2.25. The normalized spacial score (nSPS) is 26.7. The van der Waals surface area contributed by atoms with Gasteiger partial charge in [0.1, 0.15) is 0 Å². The van der Waals surface area contributed by atoms with Gasteiger partial charge in [-0.2, -0.15) is 0 Å². The quantitative estimate of drug-likeness (QED) is 0.791. The Labute approximate surface area is 91.2 Å². The van der Waals surface area contributed by atoms with Gasteiger partial charge in [-0.15, -0.1) is 0 Å². The van der Waals surface area contributed by atoms with Gasteiger partial charge >= 0.3 is 0 Å². The Morgan fingerprint density at radius 1 is 1.60 bits per heavy atom. The van der Waals surface area contributed by atoms with E-state index < -0.39 is 0 Å². The van der Waals surface area contributed by atoms with Crippen LogP contribution in [-0.2, 0) is 6.54 Å². The molecule has 3 nitrogen and oxygen atoms in total. The van der Waals surface area contributed by atoms with Gasteiger partial charge in [-0.05, 0) is 30.9 Å². The van der Waals surface area contributed by atoms with Crippen molar-refractivity contribution in [1.82, 2.24) is 10.6 Å². The fourth-order valence-corrected chi connectivity index (χ4v) is 2.17. The van der Waals surface area contributed by atoms with Crippen LogP contribution in [0, 0.1) is 5.41 Å². The molecule has 84 valence electrons. The van der Waals surface area contributed by atoms with Crippen LogP contribution in [-0.4, -0.2) is 19.6 Å². The third-order valence-electron chi connectivity index (χ3n) is 3.15. The zero-order valence-electron chi connectivity index (χ0n) is 9.38. The highest BCUT2D eigenvalue weighted by Crippen LogP contribution is 2.24. The molecule has 1 aromatic rings. The Balaban J connectivity index is 1.72. The van der Waals surface area contributed by atoms with Crippen molar-refractivity contribution < 1.29 is 4.42 Å². The highest BCUT2D eigenvalue weighted by atomic mass is 16.3. The zero-order valence-corrected chi connectivity index (χ0v) is 9.38. The minimum atomic E-state index is 0.419. The fourth-order valence-electron chi connectivity index (χ4n) is 2.17. The second-order valence-electron chi connectivity index (χ2n) is 4.83. The average Bonchev–Trinajstić information content (AvgIpc) is 2.71. The van der Waals surface area contributed by atoms with Gasteiger partial charge in [-0.3, -0.25) is 0 Å². The lowest BCUT2D eigenvalue weighted by molar-refractivity contribution is 0.226. The summed E-state index contributed by atoms with van der Waals surface area (Å²) >= 11 is 0. The van der Waals surface area contributed by atoms with Gasteiger partial charge in [0.25, 0.3) is 0 Å². The van der Waals surface area contributed by atoms with Gasteiger partial charge < -0.3 is 15.1 Å². The van der Waals surface area contributed by atoms with Crippen LogP contribution in [0.15, 0.2) is 23.0 Å². The first-order chi connectivity index (χ1) is 7.29. The Bertz CT molecular complexity index is 276. The minimum absolute atomic E-state index is 0.419. The number of rotatable bonds is 4. The highest BCUT2D eigenvalue weighted by molar-refractivity contribution is 5.04. The lowest BCUT2D eigenvalue weighted by atomic mass is 9.83. The van der Waals surface area contributed by atoms with Crippen LogP contribution in [0.25, 0.3) is 0 Å². The van der Waals surface area contributed by atoms with E-state index in [1.165, 1.54) is 24.9 Å². The molecule has 0 saturated carbocycles. The molecule has 15 heavy (non-hydrogen) atoms. The Kier molecular flexibility index (Phi) is 3.44. The van der Waals surface area contributed by atoms with Crippen LogP contribution >= 0.6 is 0 Å². The molecule has 1 fully saturated rings. The Morgan fingerprint density at radius 3 is 3.20 bits per heavy atom. The summed E-state index contributed by atoms with van der Waals surface area (Å²) in [5.74, 6) is 0. The van der Waals surface area contributed by atoms with Crippen molar-refractivity contribution in [3.8, 4) is 0 Å². The molecular weight excluding hydrogens is 188 g/mol. The lowest BCUT2D eigenvalue weighted by Crippen LogP contribution is -2.44. The predicted octanol–water partition coefficient (Wildman–Crippen LogP) is 1.76. The minimum Gasteiger partial charge on any atom is -0.472 e. The van der Waals surface area contributed by atoms with Gasteiger partial charge in [-0.1, -0.05) is 6.92 Å². The van der Waals surface area contributed by atoms with Crippen molar-refractivity contribution in [2.45, 2.75) is 26.3 Å². The Hall–Kier alpha value is -0.800. The van der Waals surface area contributed by atoms with Crippen LogP contribution in [0.5, 0.6) is 0 Å². The standard InChI is InChI=1S/C12H20N2O/c1-12(4-2-5-13-9-12)10-14-7-11-3-6-15-8-11/h3,6,8,13-14H,2,4-5,7,9-10H2,1H3. The smallest absolute Gasteiger partial charge is 0.0947 e. The van der Waals surface area contributed by atoms with Crippen molar-refractivity contribution >= 4 is 0 Å². The third kappa shape index (κ3) is 3.08. The second-order valence-corrected chi connectivity index (χ2v) is 4.83. The van der Waals surface area contributed by atoms with E-state index in [0.717, 1.165) is 19.6 Å². The molecule has 1 aromatic heterocycles. The maximum atomic E-state index is 5.03. The monoisotopic (exact) mass is 208 g/mol. The van der Waals surface area contributed by atoms with E-state index in [2.05, 4.69) is 17.6 Å². The summed E-state index contributed by atoms with van der Waals surface area (Å²) in [6.07, 6.45) is 6.14. The molecule has 2 heterocycles. The largest absolute Gasteiger partial charge is 0.472 e. The van der Waals surface area contributed by atoms with E-state index in [9.17, 15) is 0 Å². The number of furan rings is 1. The van der Waals surface area contributed by atoms with Crippen molar-refractivity contribution in [1.29, 1.82) is 0 Å². The van der Waals surface area contributed by atoms with Gasteiger partial charge in [-0.25, -0.2) is 0 Å². The number of hydrogen-bond acceptors (Lipinski definition) is 3. The Morgan fingerprint density at radius 2 is 2.53 bits per heavy atom. The molecule has 0 aliphatic carbocycles. The summed E-state index contributed by atoms with van der Waals surface area (Å²) in [5, 5.41) is 6.96. The van der Waals surface area contributed by atoms with Crippen molar-refractivity contribution in [3.05, 3.63) is 24.2 Å². The molecule has 0 aromatic carbocycles. The molecule has 0 radical (unpaired) electrons. The van der Waals surface area contributed by atoms with Crippen molar-refractivity contribution in [3.63, 3.8) is 0 Å². The summed E-state index contributed by atoms with van der Waals surface area (Å²) in [5.41, 5.74) is 1.64. The number of piperidine rings is 1. The molecule has 0 spiro atoms. The molecule has 1 aliphatic rings. The number of hydrogen-bond donors (Lipinski definition) is 2. The first-order valence-electron chi connectivity index (χ1n) is 5.71. The maximum absolute atomic E-state index is 5.03. The van der Waals surface area contributed by atoms with Crippen molar-refractivity contribution in [2.75, 3.05) is 19.6 Å². The molecule has 0 amide bonds. The molecule has 3 heteroatoms. The van der Waals surface area contributed by atoms with E-state index in [1.54, 1.807) is 12.5 Å². The van der Waals surface area contributed by atoms with Gasteiger partial charge in [0.05, 0.1) is 12.5 Å². The van der Waals surface area contributed by atoms with E-state index in [4.69, 9.17) is 4.42 Å². The summed E-state index contributed by atoms with van der Waals surface area (Å²) in [4.78, 5) is 0. The molecule has 0 bridgehead atoms. The molecule has 2 rings (SSSR count). The van der Waals surface area contributed by atoms with Gasteiger partial charge in [0.2, 0.25) is 0 Å². The molecule has 1 aliphatic heterocycles. The van der Waals surface area contributed by atoms with Crippen LogP contribution < -0.4 is 10.6 Å². The average molecular weight is 208 g/mol. The molecular formula is C12H20N2O. The van der Waals surface area contributed by atoms with Crippen LogP contribution in [0.1, 0.15) is 25.3 Å². The maximum Gasteiger partial charge on any atom is 0.0947 e.